The molecule has 7 heteroatoms. The van der Waals surface area contributed by atoms with Gasteiger partial charge in [0.15, 0.2) is 6.29 Å². The fourth-order valence-electron chi connectivity index (χ4n) is 2.15. The summed E-state index contributed by atoms with van der Waals surface area (Å²) < 4.78 is 28.4. The summed E-state index contributed by atoms with van der Waals surface area (Å²) in [6.07, 6.45) is 0.605. The molecule has 0 unspecified atom stereocenters. The molecule has 0 N–H and O–H groups in total. The van der Waals surface area contributed by atoms with Crippen molar-refractivity contribution in [3.05, 3.63) is 69.3 Å². The van der Waals surface area contributed by atoms with Gasteiger partial charge in [0.2, 0.25) is 0 Å². The molecule has 0 aliphatic rings. The minimum absolute atomic E-state index is 0.224. The van der Waals surface area contributed by atoms with Gasteiger partial charge in [0.1, 0.15) is 21.9 Å². The van der Waals surface area contributed by atoms with Crippen LogP contribution in [0, 0.1) is 11.6 Å². The SMILES string of the molecule is O=Cc1c(-c2cc(F)ccc2Cl)nn(-c2ccc(F)cc2)c1Br. The van der Waals surface area contributed by atoms with Gasteiger partial charge in [0.25, 0.3) is 0 Å². The average Bonchev–Trinajstić information content (AvgIpc) is 2.87. The molecule has 3 nitrogen and oxygen atoms in total. The van der Waals surface area contributed by atoms with Gasteiger partial charge in [-0.1, -0.05) is 11.6 Å². The number of halogens is 4. The van der Waals surface area contributed by atoms with Gasteiger partial charge in [0, 0.05) is 5.56 Å². The Morgan fingerprint density at radius 2 is 1.74 bits per heavy atom. The van der Waals surface area contributed by atoms with Crippen molar-refractivity contribution in [2.75, 3.05) is 0 Å². The summed E-state index contributed by atoms with van der Waals surface area (Å²) in [5, 5.41) is 4.59. The van der Waals surface area contributed by atoms with Crippen LogP contribution in [-0.4, -0.2) is 16.1 Å². The van der Waals surface area contributed by atoms with Crippen molar-refractivity contribution in [3.8, 4) is 16.9 Å². The monoisotopic (exact) mass is 396 g/mol. The molecule has 1 heterocycles. The van der Waals surface area contributed by atoms with Gasteiger partial charge in [-0.15, -0.1) is 0 Å². The Kier molecular flexibility index (Phi) is 4.28. The molecule has 0 bridgehead atoms. The Morgan fingerprint density at radius 3 is 2.39 bits per heavy atom. The molecule has 23 heavy (non-hydrogen) atoms. The van der Waals surface area contributed by atoms with Crippen LogP contribution in [0.25, 0.3) is 16.9 Å². The second kappa shape index (κ2) is 6.22. The van der Waals surface area contributed by atoms with Crippen LogP contribution in [0.15, 0.2) is 47.1 Å². The highest BCUT2D eigenvalue weighted by Crippen LogP contribution is 2.34. The molecule has 0 radical (unpaired) electrons. The third-order valence-corrected chi connectivity index (χ3v) is 4.33. The molecule has 0 atom stereocenters. The molecule has 0 fully saturated rings. The maximum atomic E-state index is 13.5. The molecule has 1 aromatic heterocycles. The van der Waals surface area contributed by atoms with Gasteiger partial charge >= 0.3 is 0 Å². The molecular weight excluding hydrogens is 390 g/mol. The Labute approximate surface area is 143 Å². The Bertz CT molecular complexity index is 894. The van der Waals surface area contributed by atoms with Crippen LogP contribution in [0.4, 0.5) is 8.78 Å². The lowest BCUT2D eigenvalue weighted by Gasteiger charge is -2.03. The van der Waals surface area contributed by atoms with Crippen molar-refractivity contribution in [3.63, 3.8) is 0 Å². The molecular formula is C16H8BrClF2N2O. The van der Waals surface area contributed by atoms with E-state index in [0.717, 1.165) is 0 Å². The number of nitrogens with zero attached hydrogens (tertiary/aromatic N) is 2. The number of carbonyl (C=O) groups excluding carboxylic acids is 1. The van der Waals surface area contributed by atoms with E-state index < -0.39 is 5.82 Å². The van der Waals surface area contributed by atoms with Crippen molar-refractivity contribution in [2.24, 2.45) is 0 Å². The van der Waals surface area contributed by atoms with E-state index in [2.05, 4.69) is 21.0 Å². The van der Waals surface area contributed by atoms with Crippen molar-refractivity contribution < 1.29 is 13.6 Å². The van der Waals surface area contributed by atoms with E-state index in [9.17, 15) is 13.6 Å². The Balaban J connectivity index is 2.23. The highest BCUT2D eigenvalue weighted by molar-refractivity contribution is 9.10. The van der Waals surface area contributed by atoms with E-state index >= 15 is 0 Å². The summed E-state index contributed by atoms with van der Waals surface area (Å²) >= 11 is 9.39. The van der Waals surface area contributed by atoms with Gasteiger partial charge in [-0.3, -0.25) is 4.79 Å². The fraction of sp³-hybridized carbons (Fsp3) is 0. The van der Waals surface area contributed by atoms with Gasteiger partial charge in [0.05, 0.1) is 16.3 Å². The van der Waals surface area contributed by atoms with Gasteiger partial charge in [-0.05, 0) is 58.4 Å². The van der Waals surface area contributed by atoms with Crippen LogP contribution < -0.4 is 0 Å². The number of hydrogen-bond acceptors (Lipinski definition) is 2. The van der Waals surface area contributed by atoms with Crippen LogP contribution in [0.1, 0.15) is 10.4 Å². The highest BCUT2D eigenvalue weighted by atomic mass is 79.9. The van der Waals surface area contributed by atoms with Gasteiger partial charge in [-0.2, -0.15) is 5.10 Å². The average molecular weight is 398 g/mol. The minimum Gasteiger partial charge on any atom is -0.298 e. The maximum Gasteiger partial charge on any atom is 0.155 e. The van der Waals surface area contributed by atoms with Gasteiger partial charge in [-0.25, -0.2) is 13.5 Å². The zero-order valence-corrected chi connectivity index (χ0v) is 13.8. The summed E-state index contributed by atoms with van der Waals surface area (Å²) in [6.45, 7) is 0. The third-order valence-electron chi connectivity index (χ3n) is 3.24. The van der Waals surface area contributed by atoms with E-state index in [4.69, 9.17) is 11.6 Å². The number of benzene rings is 2. The van der Waals surface area contributed by atoms with Crippen molar-refractivity contribution in [1.82, 2.24) is 9.78 Å². The van der Waals surface area contributed by atoms with E-state index in [1.807, 2.05) is 0 Å². The molecule has 0 aliphatic carbocycles. The lowest BCUT2D eigenvalue weighted by molar-refractivity contribution is 0.112. The molecule has 3 rings (SSSR count). The first kappa shape index (κ1) is 15.8. The number of rotatable bonds is 3. The predicted octanol–water partition coefficient (Wildman–Crippen LogP) is 5.05. The van der Waals surface area contributed by atoms with Crippen LogP contribution >= 0.6 is 27.5 Å². The van der Waals surface area contributed by atoms with Crippen molar-refractivity contribution >= 4 is 33.8 Å². The topological polar surface area (TPSA) is 34.9 Å². The second-order valence-corrected chi connectivity index (χ2v) is 5.84. The summed E-state index contributed by atoms with van der Waals surface area (Å²) in [5.74, 6) is -0.880. The van der Waals surface area contributed by atoms with Crippen molar-refractivity contribution in [2.45, 2.75) is 0 Å². The Morgan fingerprint density at radius 1 is 1.09 bits per heavy atom. The van der Waals surface area contributed by atoms with E-state index in [1.54, 1.807) is 0 Å². The summed E-state index contributed by atoms with van der Waals surface area (Å²) in [7, 11) is 0. The number of hydrogen-bond donors (Lipinski definition) is 0. The molecule has 0 saturated carbocycles. The largest absolute Gasteiger partial charge is 0.298 e. The zero-order valence-electron chi connectivity index (χ0n) is 11.4. The maximum absolute atomic E-state index is 13.5. The summed E-state index contributed by atoms with van der Waals surface area (Å²) in [5.41, 5.74) is 1.30. The normalized spacial score (nSPS) is 10.8. The summed E-state index contributed by atoms with van der Waals surface area (Å²) in [6, 6.07) is 9.40. The fourth-order valence-corrected chi connectivity index (χ4v) is 2.92. The third kappa shape index (κ3) is 2.92. The van der Waals surface area contributed by atoms with E-state index in [1.165, 1.54) is 47.1 Å². The molecule has 0 amide bonds. The highest BCUT2D eigenvalue weighted by Gasteiger charge is 2.20. The second-order valence-electron chi connectivity index (χ2n) is 4.68. The predicted molar refractivity (Wildman–Crippen MR) is 87.0 cm³/mol. The first-order valence-electron chi connectivity index (χ1n) is 6.46. The number of aldehydes is 1. The minimum atomic E-state index is -0.492. The first-order valence-corrected chi connectivity index (χ1v) is 7.63. The van der Waals surface area contributed by atoms with Crippen molar-refractivity contribution in [1.29, 1.82) is 0 Å². The van der Waals surface area contributed by atoms with E-state index in [0.29, 0.717) is 22.1 Å². The lowest BCUT2D eigenvalue weighted by Crippen LogP contribution is -1.97. The van der Waals surface area contributed by atoms with E-state index in [-0.39, 0.29) is 22.1 Å². The van der Waals surface area contributed by atoms with Crippen LogP contribution in [0.5, 0.6) is 0 Å². The molecule has 116 valence electrons. The molecule has 2 aromatic carbocycles. The van der Waals surface area contributed by atoms with Crippen LogP contribution in [0.3, 0.4) is 0 Å². The number of carbonyl (C=O) groups is 1. The van der Waals surface area contributed by atoms with Gasteiger partial charge < -0.3 is 0 Å². The first-order chi connectivity index (χ1) is 11.0. The molecule has 0 spiro atoms. The molecule has 0 saturated heterocycles. The quantitative estimate of drug-likeness (QED) is 0.580. The number of aromatic nitrogens is 2. The lowest BCUT2D eigenvalue weighted by atomic mass is 10.1. The Hall–Kier alpha value is -2.05. The standard InChI is InChI=1S/C16H8BrClF2N2O/c17-16-13(8-23)15(12-7-10(20)3-6-14(12)18)21-22(16)11-4-1-9(19)2-5-11/h1-8H. The molecule has 0 aliphatic heterocycles. The smallest absolute Gasteiger partial charge is 0.155 e. The zero-order chi connectivity index (χ0) is 16.6. The van der Waals surface area contributed by atoms with Crippen LogP contribution in [0.2, 0.25) is 5.02 Å². The summed E-state index contributed by atoms with van der Waals surface area (Å²) in [4.78, 5) is 11.4. The molecule has 3 aromatic rings. The van der Waals surface area contributed by atoms with Crippen LogP contribution in [-0.2, 0) is 0 Å².